The van der Waals surface area contributed by atoms with Gasteiger partial charge in [-0.15, -0.1) is 35.3 Å². The fourth-order valence-electron chi connectivity index (χ4n) is 3.49. The third kappa shape index (κ3) is 5.23. The van der Waals surface area contributed by atoms with E-state index in [1.165, 1.54) is 23.2 Å². The first-order chi connectivity index (χ1) is 12.5. The lowest BCUT2D eigenvalue weighted by atomic mass is 10.1. The molecule has 6 nitrogen and oxygen atoms in total. The van der Waals surface area contributed by atoms with Crippen molar-refractivity contribution in [3.63, 3.8) is 0 Å². The van der Waals surface area contributed by atoms with Gasteiger partial charge < -0.3 is 10.6 Å². The Kier molecular flexibility index (Phi) is 8.11. The van der Waals surface area contributed by atoms with E-state index in [1.54, 1.807) is 4.88 Å². The van der Waals surface area contributed by atoms with Crippen molar-refractivity contribution in [3.8, 4) is 0 Å². The van der Waals surface area contributed by atoms with E-state index in [4.69, 9.17) is 0 Å². The number of nitrogens with one attached hydrogen (secondary N) is 2. The van der Waals surface area contributed by atoms with Crippen LogP contribution in [0.15, 0.2) is 16.4 Å². The summed E-state index contributed by atoms with van der Waals surface area (Å²) in [7, 11) is 3.81. The summed E-state index contributed by atoms with van der Waals surface area (Å²) in [6.07, 6.45) is 1.17. The molecule has 150 valence electrons. The Morgan fingerprint density at radius 1 is 1.37 bits per heavy atom. The average Bonchev–Trinajstić information content (AvgIpc) is 3.19. The highest BCUT2D eigenvalue weighted by Crippen LogP contribution is 2.24. The van der Waals surface area contributed by atoms with Crippen molar-refractivity contribution in [3.05, 3.63) is 38.8 Å². The molecule has 2 N–H and O–H groups in total. The van der Waals surface area contributed by atoms with Crippen molar-refractivity contribution in [2.24, 2.45) is 12.0 Å². The molecule has 0 saturated heterocycles. The molecule has 1 aliphatic heterocycles. The van der Waals surface area contributed by atoms with Crippen LogP contribution in [0.25, 0.3) is 0 Å². The van der Waals surface area contributed by atoms with Crippen LogP contribution in [0.5, 0.6) is 0 Å². The maximum atomic E-state index is 4.47. The molecular weight excluding hydrogens is 471 g/mol. The van der Waals surface area contributed by atoms with Gasteiger partial charge in [0, 0.05) is 62.5 Å². The van der Waals surface area contributed by atoms with Crippen LogP contribution in [0.4, 0.5) is 0 Å². The van der Waals surface area contributed by atoms with Gasteiger partial charge in [0.25, 0.3) is 0 Å². The molecule has 3 heterocycles. The fourth-order valence-corrected chi connectivity index (χ4v) is 4.38. The highest BCUT2D eigenvalue weighted by molar-refractivity contribution is 14.0. The molecule has 8 heteroatoms. The summed E-state index contributed by atoms with van der Waals surface area (Å²) in [4.78, 5) is 8.47. The molecule has 3 rings (SSSR count). The molecule has 0 saturated carbocycles. The van der Waals surface area contributed by atoms with Gasteiger partial charge in [0.1, 0.15) is 0 Å². The van der Waals surface area contributed by atoms with Crippen LogP contribution in [-0.2, 0) is 26.6 Å². The number of aryl methyl sites for hydroxylation is 2. The SMILES string of the molecule is CN=C(NCc1c(C)nn(C)c1C)NCC(C)N1CCc2sccc2C1.I. The number of thiophene rings is 1. The minimum absolute atomic E-state index is 0. The van der Waals surface area contributed by atoms with E-state index in [-0.39, 0.29) is 24.0 Å². The van der Waals surface area contributed by atoms with Crippen LogP contribution in [0.3, 0.4) is 0 Å². The number of aromatic nitrogens is 2. The van der Waals surface area contributed by atoms with E-state index < -0.39 is 0 Å². The minimum Gasteiger partial charge on any atom is -0.355 e. The third-order valence-electron chi connectivity index (χ3n) is 5.34. The predicted molar refractivity (Wildman–Crippen MR) is 124 cm³/mol. The molecule has 1 aliphatic rings. The summed E-state index contributed by atoms with van der Waals surface area (Å²) in [5, 5.41) is 13.6. The summed E-state index contributed by atoms with van der Waals surface area (Å²) in [5.74, 6) is 0.840. The van der Waals surface area contributed by atoms with Crippen molar-refractivity contribution in [2.75, 3.05) is 20.1 Å². The molecule has 0 bridgehead atoms. The summed E-state index contributed by atoms with van der Waals surface area (Å²) < 4.78 is 1.93. The Morgan fingerprint density at radius 2 is 2.15 bits per heavy atom. The first-order valence-corrected chi connectivity index (χ1v) is 10.1. The van der Waals surface area contributed by atoms with Gasteiger partial charge in [-0.1, -0.05) is 0 Å². The molecular formula is C19H31IN6S. The second-order valence-electron chi connectivity index (χ2n) is 7.02. The zero-order valence-corrected chi connectivity index (χ0v) is 20.0. The molecule has 2 aromatic rings. The van der Waals surface area contributed by atoms with Crippen LogP contribution in [0, 0.1) is 13.8 Å². The lowest BCUT2D eigenvalue weighted by Crippen LogP contribution is -2.47. The van der Waals surface area contributed by atoms with Crippen molar-refractivity contribution >= 4 is 41.3 Å². The largest absolute Gasteiger partial charge is 0.355 e. The maximum Gasteiger partial charge on any atom is 0.191 e. The molecule has 0 amide bonds. The van der Waals surface area contributed by atoms with Gasteiger partial charge in [0.05, 0.1) is 5.69 Å². The number of guanidine groups is 1. The Bertz CT molecular complexity index is 781. The molecule has 0 fully saturated rings. The van der Waals surface area contributed by atoms with Gasteiger partial charge in [-0.3, -0.25) is 14.6 Å². The number of hydrogen-bond donors (Lipinski definition) is 2. The highest BCUT2D eigenvalue weighted by atomic mass is 127. The van der Waals surface area contributed by atoms with Crippen molar-refractivity contribution < 1.29 is 0 Å². The maximum absolute atomic E-state index is 4.47. The normalized spacial score (nSPS) is 15.8. The standard InChI is InChI=1S/C19H30N6S.HI/c1-13(25-8-6-18-16(12-25)7-9-26-18)10-21-19(20-4)22-11-17-14(2)23-24(5)15(17)3;/h7,9,13H,6,8,10-12H2,1-5H3,(H2,20,21,22);1H. The third-order valence-corrected chi connectivity index (χ3v) is 6.36. The zero-order chi connectivity index (χ0) is 18.7. The summed E-state index contributed by atoms with van der Waals surface area (Å²) >= 11 is 1.89. The molecule has 27 heavy (non-hydrogen) atoms. The number of rotatable bonds is 5. The molecule has 1 atom stereocenters. The second kappa shape index (κ2) is 9.88. The molecule has 0 aliphatic carbocycles. The van der Waals surface area contributed by atoms with Crippen molar-refractivity contribution in [2.45, 2.75) is 46.3 Å². The Labute approximate surface area is 183 Å². The first kappa shape index (κ1) is 22.2. The van der Waals surface area contributed by atoms with Gasteiger partial charge in [-0.25, -0.2) is 0 Å². The summed E-state index contributed by atoms with van der Waals surface area (Å²) in [6, 6.07) is 2.73. The average molecular weight is 502 g/mol. The van der Waals surface area contributed by atoms with Crippen molar-refractivity contribution in [1.29, 1.82) is 0 Å². The lowest BCUT2D eigenvalue weighted by Gasteiger charge is -2.32. The van der Waals surface area contributed by atoms with Gasteiger partial charge in [0.2, 0.25) is 0 Å². The van der Waals surface area contributed by atoms with Gasteiger partial charge in [0.15, 0.2) is 5.96 Å². The number of fused-ring (bicyclic) bond motifs is 1. The van der Waals surface area contributed by atoms with Crippen LogP contribution >= 0.6 is 35.3 Å². The second-order valence-corrected chi connectivity index (χ2v) is 8.02. The quantitative estimate of drug-likeness (QED) is 0.375. The van der Waals surface area contributed by atoms with E-state index in [1.807, 2.05) is 30.1 Å². The van der Waals surface area contributed by atoms with Crippen LogP contribution in [-0.4, -0.2) is 46.8 Å². The number of halogens is 1. The first-order valence-electron chi connectivity index (χ1n) is 9.22. The van der Waals surface area contributed by atoms with Crippen molar-refractivity contribution in [1.82, 2.24) is 25.3 Å². The smallest absolute Gasteiger partial charge is 0.191 e. The number of aliphatic imine (C=N–C) groups is 1. The van der Waals surface area contributed by atoms with E-state index in [0.717, 1.165) is 37.8 Å². The monoisotopic (exact) mass is 502 g/mol. The number of nitrogens with zero attached hydrogens (tertiary/aromatic N) is 4. The van der Waals surface area contributed by atoms with E-state index >= 15 is 0 Å². The topological polar surface area (TPSA) is 57.5 Å². The van der Waals surface area contributed by atoms with E-state index in [2.05, 4.69) is 57.8 Å². The molecule has 1 unspecified atom stereocenters. The summed E-state index contributed by atoms with van der Waals surface area (Å²) in [5.41, 5.74) is 5.00. The van der Waals surface area contributed by atoms with E-state index in [0.29, 0.717) is 6.04 Å². The molecule has 0 radical (unpaired) electrons. The Hall–Kier alpha value is -1.13. The molecule has 2 aromatic heterocycles. The molecule has 0 aromatic carbocycles. The van der Waals surface area contributed by atoms with E-state index in [9.17, 15) is 0 Å². The van der Waals surface area contributed by atoms with Gasteiger partial charge in [-0.05, 0) is 44.2 Å². The van der Waals surface area contributed by atoms with Crippen LogP contribution < -0.4 is 10.6 Å². The zero-order valence-electron chi connectivity index (χ0n) is 16.9. The molecule has 0 spiro atoms. The fraction of sp³-hybridized carbons (Fsp3) is 0.579. The van der Waals surface area contributed by atoms with Crippen LogP contribution in [0.1, 0.15) is 34.3 Å². The lowest BCUT2D eigenvalue weighted by molar-refractivity contribution is 0.192. The number of hydrogen-bond acceptors (Lipinski definition) is 4. The minimum atomic E-state index is 0. The van der Waals surface area contributed by atoms with Crippen LogP contribution in [0.2, 0.25) is 0 Å². The van der Waals surface area contributed by atoms with Gasteiger partial charge in [-0.2, -0.15) is 5.10 Å². The summed E-state index contributed by atoms with van der Waals surface area (Å²) in [6.45, 7) is 10.2. The predicted octanol–water partition coefficient (Wildman–Crippen LogP) is 2.83. The van der Waals surface area contributed by atoms with Gasteiger partial charge >= 0.3 is 0 Å². The highest BCUT2D eigenvalue weighted by Gasteiger charge is 2.21. The Balaban J connectivity index is 0.00000261. The Morgan fingerprint density at radius 3 is 2.81 bits per heavy atom.